The molecule has 1 rings (SSSR count). The Labute approximate surface area is 102 Å². The van der Waals surface area contributed by atoms with Gasteiger partial charge >= 0.3 is 0 Å². The summed E-state index contributed by atoms with van der Waals surface area (Å²) in [5, 5.41) is 11.1. The van der Waals surface area contributed by atoms with E-state index in [-0.39, 0.29) is 12.5 Å². The van der Waals surface area contributed by atoms with Crippen molar-refractivity contribution in [3.63, 3.8) is 0 Å². The minimum Gasteiger partial charge on any atom is -0.493 e. The Morgan fingerprint density at radius 2 is 2.18 bits per heavy atom. The van der Waals surface area contributed by atoms with Gasteiger partial charge in [0, 0.05) is 13.0 Å². The SMILES string of the molecule is Cc1ccccc1OCCCC(=O)NCCO. The van der Waals surface area contributed by atoms with Crippen molar-refractivity contribution in [3.8, 4) is 5.75 Å². The van der Waals surface area contributed by atoms with Gasteiger partial charge in [0.25, 0.3) is 0 Å². The van der Waals surface area contributed by atoms with E-state index in [4.69, 9.17) is 9.84 Å². The first kappa shape index (κ1) is 13.5. The molecule has 4 nitrogen and oxygen atoms in total. The van der Waals surface area contributed by atoms with Crippen LogP contribution in [0.2, 0.25) is 0 Å². The highest BCUT2D eigenvalue weighted by atomic mass is 16.5. The number of amides is 1. The summed E-state index contributed by atoms with van der Waals surface area (Å²) in [7, 11) is 0. The van der Waals surface area contributed by atoms with Gasteiger partial charge in [-0.25, -0.2) is 0 Å². The van der Waals surface area contributed by atoms with Crippen molar-refractivity contribution in [3.05, 3.63) is 29.8 Å². The van der Waals surface area contributed by atoms with Gasteiger partial charge in [0.1, 0.15) is 5.75 Å². The first-order chi connectivity index (χ1) is 8.24. The number of carbonyl (C=O) groups is 1. The molecule has 17 heavy (non-hydrogen) atoms. The molecule has 0 atom stereocenters. The van der Waals surface area contributed by atoms with Gasteiger partial charge in [0.15, 0.2) is 0 Å². The Balaban J connectivity index is 2.16. The van der Waals surface area contributed by atoms with Crippen LogP contribution in [0.4, 0.5) is 0 Å². The summed E-state index contributed by atoms with van der Waals surface area (Å²) in [6, 6.07) is 7.80. The number of aliphatic hydroxyl groups is 1. The average Bonchev–Trinajstić information content (AvgIpc) is 2.34. The number of para-hydroxylation sites is 1. The molecule has 0 spiro atoms. The van der Waals surface area contributed by atoms with Crippen LogP contribution in [0.3, 0.4) is 0 Å². The van der Waals surface area contributed by atoms with Crippen molar-refractivity contribution in [1.29, 1.82) is 0 Å². The average molecular weight is 237 g/mol. The van der Waals surface area contributed by atoms with Crippen LogP contribution >= 0.6 is 0 Å². The normalized spacial score (nSPS) is 10.0. The lowest BCUT2D eigenvalue weighted by Gasteiger charge is -2.08. The Morgan fingerprint density at radius 3 is 2.88 bits per heavy atom. The molecule has 0 bridgehead atoms. The fourth-order valence-electron chi connectivity index (χ4n) is 1.42. The van der Waals surface area contributed by atoms with E-state index in [1.54, 1.807) is 0 Å². The van der Waals surface area contributed by atoms with Crippen LogP contribution in [0.25, 0.3) is 0 Å². The van der Waals surface area contributed by atoms with E-state index < -0.39 is 0 Å². The third kappa shape index (κ3) is 5.36. The first-order valence-electron chi connectivity index (χ1n) is 5.80. The lowest BCUT2D eigenvalue weighted by molar-refractivity contribution is -0.121. The molecule has 0 aliphatic carbocycles. The van der Waals surface area contributed by atoms with E-state index in [1.807, 2.05) is 31.2 Å². The molecule has 0 radical (unpaired) electrons. The van der Waals surface area contributed by atoms with Crippen LogP contribution in [0.1, 0.15) is 18.4 Å². The molecule has 0 aliphatic heterocycles. The molecule has 94 valence electrons. The topological polar surface area (TPSA) is 58.6 Å². The molecule has 2 N–H and O–H groups in total. The van der Waals surface area contributed by atoms with Gasteiger partial charge in [0.2, 0.25) is 5.91 Å². The second-order valence-corrected chi connectivity index (χ2v) is 3.79. The number of ether oxygens (including phenoxy) is 1. The number of rotatable bonds is 7. The maximum absolute atomic E-state index is 11.2. The zero-order chi connectivity index (χ0) is 12.5. The Morgan fingerprint density at radius 1 is 1.41 bits per heavy atom. The maximum Gasteiger partial charge on any atom is 0.220 e. The summed E-state index contributed by atoms with van der Waals surface area (Å²) in [5.74, 6) is 0.815. The van der Waals surface area contributed by atoms with E-state index >= 15 is 0 Å². The monoisotopic (exact) mass is 237 g/mol. The highest BCUT2D eigenvalue weighted by Gasteiger charge is 2.01. The predicted molar refractivity (Wildman–Crippen MR) is 66.0 cm³/mol. The fourth-order valence-corrected chi connectivity index (χ4v) is 1.42. The van der Waals surface area contributed by atoms with Crippen LogP contribution in [-0.4, -0.2) is 30.8 Å². The molecule has 0 fully saturated rings. The zero-order valence-corrected chi connectivity index (χ0v) is 10.1. The van der Waals surface area contributed by atoms with Gasteiger partial charge in [-0.05, 0) is 25.0 Å². The van der Waals surface area contributed by atoms with Crippen molar-refractivity contribution in [2.45, 2.75) is 19.8 Å². The number of benzene rings is 1. The Bertz CT molecular complexity index is 352. The second kappa shape index (κ2) is 7.68. The first-order valence-corrected chi connectivity index (χ1v) is 5.80. The Hall–Kier alpha value is -1.55. The van der Waals surface area contributed by atoms with Gasteiger partial charge in [-0.1, -0.05) is 18.2 Å². The van der Waals surface area contributed by atoms with E-state index in [2.05, 4.69) is 5.32 Å². The summed E-state index contributed by atoms with van der Waals surface area (Å²) in [4.78, 5) is 11.2. The van der Waals surface area contributed by atoms with E-state index in [0.717, 1.165) is 11.3 Å². The van der Waals surface area contributed by atoms with Crippen molar-refractivity contribution in [1.82, 2.24) is 5.32 Å². The summed E-state index contributed by atoms with van der Waals surface area (Å²) >= 11 is 0. The standard InChI is InChI=1S/C13H19NO3/c1-11-5-2-3-6-12(11)17-10-4-7-13(16)14-8-9-15/h2-3,5-6,15H,4,7-10H2,1H3,(H,14,16). The molecule has 0 saturated carbocycles. The third-order valence-electron chi connectivity index (χ3n) is 2.33. The van der Waals surface area contributed by atoms with Crippen molar-refractivity contribution in [2.75, 3.05) is 19.8 Å². The van der Waals surface area contributed by atoms with Crippen molar-refractivity contribution < 1.29 is 14.6 Å². The van der Waals surface area contributed by atoms with E-state index in [0.29, 0.717) is 26.0 Å². The van der Waals surface area contributed by atoms with Crippen molar-refractivity contribution >= 4 is 5.91 Å². The van der Waals surface area contributed by atoms with Gasteiger partial charge in [-0.3, -0.25) is 4.79 Å². The zero-order valence-electron chi connectivity index (χ0n) is 10.1. The van der Waals surface area contributed by atoms with E-state index in [9.17, 15) is 4.79 Å². The molecule has 0 unspecified atom stereocenters. The molecule has 1 aromatic rings. The lowest BCUT2D eigenvalue weighted by Crippen LogP contribution is -2.26. The fraction of sp³-hybridized carbons (Fsp3) is 0.462. The summed E-state index contributed by atoms with van der Waals surface area (Å²) < 4.78 is 5.56. The molecule has 0 aromatic heterocycles. The van der Waals surface area contributed by atoms with Crippen LogP contribution < -0.4 is 10.1 Å². The van der Waals surface area contributed by atoms with Gasteiger partial charge in [0.05, 0.1) is 13.2 Å². The number of nitrogens with one attached hydrogen (secondary N) is 1. The molecular weight excluding hydrogens is 218 g/mol. The van der Waals surface area contributed by atoms with Crippen LogP contribution in [0.15, 0.2) is 24.3 Å². The molecular formula is C13H19NO3. The van der Waals surface area contributed by atoms with Crippen LogP contribution in [0.5, 0.6) is 5.75 Å². The minimum absolute atomic E-state index is 0.0224. The third-order valence-corrected chi connectivity index (χ3v) is 2.33. The summed E-state index contributed by atoms with van der Waals surface area (Å²) in [6.07, 6.45) is 1.09. The molecule has 4 heteroatoms. The smallest absolute Gasteiger partial charge is 0.220 e. The summed E-state index contributed by atoms with van der Waals surface area (Å²) in [5.41, 5.74) is 1.09. The number of aryl methyl sites for hydroxylation is 1. The number of hydrogen-bond donors (Lipinski definition) is 2. The van der Waals surface area contributed by atoms with Crippen molar-refractivity contribution in [2.24, 2.45) is 0 Å². The maximum atomic E-state index is 11.2. The largest absolute Gasteiger partial charge is 0.493 e. The molecule has 1 amide bonds. The van der Waals surface area contributed by atoms with Crippen LogP contribution in [-0.2, 0) is 4.79 Å². The quantitative estimate of drug-likeness (QED) is 0.702. The Kier molecular flexibility index (Phi) is 6.10. The molecule has 0 heterocycles. The van der Waals surface area contributed by atoms with Gasteiger partial charge < -0.3 is 15.2 Å². The molecule has 0 aliphatic rings. The molecule has 1 aromatic carbocycles. The number of aliphatic hydroxyl groups excluding tert-OH is 1. The highest BCUT2D eigenvalue weighted by Crippen LogP contribution is 2.16. The predicted octanol–water partition coefficient (Wildman–Crippen LogP) is 1.26. The number of carbonyl (C=O) groups excluding carboxylic acids is 1. The summed E-state index contributed by atoms with van der Waals surface area (Å²) in [6.45, 7) is 2.81. The second-order valence-electron chi connectivity index (χ2n) is 3.79. The van der Waals surface area contributed by atoms with Gasteiger partial charge in [-0.2, -0.15) is 0 Å². The minimum atomic E-state index is -0.0487. The van der Waals surface area contributed by atoms with E-state index in [1.165, 1.54) is 0 Å². The van der Waals surface area contributed by atoms with Gasteiger partial charge in [-0.15, -0.1) is 0 Å². The molecule has 0 saturated heterocycles. The van der Waals surface area contributed by atoms with Crippen LogP contribution in [0, 0.1) is 6.92 Å². The highest BCUT2D eigenvalue weighted by molar-refractivity contribution is 5.75. The lowest BCUT2D eigenvalue weighted by atomic mass is 10.2. The number of hydrogen-bond acceptors (Lipinski definition) is 3.